The van der Waals surface area contributed by atoms with E-state index in [0.717, 1.165) is 20.8 Å². The average molecular weight is 512 g/mol. The number of nitrogens with zero attached hydrogens (tertiary/aromatic N) is 4. The van der Waals surface area contributed by atoms with Gasteiger partial charge in [-0.25, -0.2) is 0 Å². The lowest BCUT2D eigenvalue weighted by Gasteiger charge is -2.29. The summed E-state index contributed by atoms with van der Waals surface area (Å²) in [6.07, 6.45) is -5.50. The number of ketones is 1. The second-order valence-electron chi connectivity index (χ2n) is 8.15. The summed E-state index contributed by atoms with van der Waals surface area (Å²) in [6, 6.07) is -1.70. The molecule has 2 amide bonds. The third-order valence-corrected chi connectivity index (χ3v) is 4.85. The highest BCUT2D eigenvalue weighted by molar-refractivity contribution is 6.43. The first-order valence-corrected chi connectivity index (χ1v) is 10.8. The van der Waals surface area contributed by atoms with Gasteiger partial charge in [-0.2, -0.15) is 10.1 Å². The summed E-state index contributed by atoms with van der Waals surface area (Å²) < 4.78 is 20.9. The van der Waals surface area contributed by atoms with Crippen molar-refractivity contribution in [3.63, 3.8) is 0 Å². The summed E-state index contributed by atoms with van der Waals surface area (Å²) in [5.74, 6) is -5.97. The Hall–Kier alpha value is -3.79. The lowest BCUT2D eigenvalue weighted by Crippen LogP contribution is -2.55. The molecule has 2 N–H and O–H groups in total. The van der Waals surface area contributed by atoms with Gasteiger partial charge in [-0.1, -0.05) is 5.22 Å². The van der Waals surface area contributed by atoms with E-state index in [1.807, 2.05) is 0 Å². The van der Waals surface area contributed by atoms with Crippen LogP contribution in [-0.2, 0) is 47.7 Å². The van der Waals surface area contributed by atoms with Gasteiger partial charge >= 0.3 is 23.8 Å². The van der Waals surface area contributed by atoms with Gasteiger partial charge in [0.25, 0.3) is 5.78 Å². The van der Waals surface area contributed by atoms with Crippen LogP contribution in [0.4, 0.5) is 0 Å². The topological polar surface area (TPSA) is 206 Å². The molecule has 16 heteroatoms. The van der Waals surface area contributed by atoms with Crippen molar-refractivity contribution in [1.29, 1.82) is 5.41 Å². The Bertz CT molecular complexity index is 967. The van der Waals surface area contributed by atoms with E-state index in [2.05, 4.69) is 15.7 Å². The SMILES string of the molecule is CC(=O)OCC1OC(N2N=NC(C(=N)NC(=O)CCN(C)C)C(=O)C2=O)C(OC(C)=O)C1OC(C)=O. The van der Waals surface area contributed by atoms with Crippen LogP contribution >= 0.6 is 0 Å². The number of Topliss-reactive ketones (excluding diaryl/α,β-unsaturated/α-hetero) is 1. The maximum atomic E-state index is 12.9. The van der Waals surface area contributed by atoms with Gasteiger partial charge in [0.2, 0.25) is 5.91 Å². The maximum Gasteiger partial charge on any atom is 0.316 e. The zero-order valence-corrected chi connectivity index (χ0v) is 20.4. The third kappa shape index (κ3) is 7.35. The van der Waals surface area contributed by atoms with E-state index in [4.69, 9.17) is 24.4 Å². The highest BCUT2D eigenvalue weighted by atomic mass is 16.7. The van der Waals surface area contributed by atoms with Gasteiger partial charge in [-0.05, 0) is 14.1 Å². The average Bonchev–Trinajstić information content (AvgIpc) is 3.08. The van der Waals surface area contributed by atoms with Crippen molar-refractivity contribution in [3.05, 3.63) is 0 Å². The maximum absolute atomic E-state index is 12.9. The highest BCUT2D eigenvalue weighted by Gasteiger charge is 2.55. The van der Waals surface area contributed by atoms with Crippen LogP contribution in [0.15, 0.2) is 10.3 Å². The zero-order valence-electron chi connectivity index (χ0n) is 20.4. The Labute approximate surface area is 205 Å². The first kappa shape index (κ1) is 28.4. The molecule has 5 unspecified atom stereocenters. The molecule has 0 radical (unpaired) electrons. The second kappa shape index (κ2) is 12.3. The van der Waals surface area contributed by atoms with Crippen molar-refractivity contribution in [2.75, 3.05) is 27.2 Å². The van der Waals surface area contributed by atoms with Gasteiger partial charge in [-0.3, -0.25) is 34.2 Å². The summed E-state index contributed by atoms with van der Waals surface area (Å²) in [6.45, 7) is 3.23. The monoisotopic (exact) mass is 512 g/mol. The van der Waals surface area contributed by atoms with Gasteiger partial charge in [0.05, 0.1) is 0 Å². The summed E-state index contributed by atoms with van der Waals surface area (Å²) >= 11 is 0. The number of hydrogen-bond acceptors (Lipinski definition) is 14. The van der Waals surface area contributed by atoms with Crippen LogP contribution in [0.2, 0.25) is 0 Å². The number of carbonyl (C=O) groups is 6. The minimum absolute atomic E-state index is 0.0365. The van der Waals surface area contributed by atoms with Gasteiger partial charge in [-0.15, -0.1) is 0 Å². The molecule has 1 fully saturated rings. The van der Waals surface area contributed by atoms with E-state index >= 15 is 0 Å². The predicted molar refractivity (Wildman–Crippen MR) is 116 cm³/mol. The van der Waals surface area contributed by atoms with Gasteiger partial charge in [0.1, 0.15) is 18.5 Å². The van der Waals surface area contributed by atoms with E-state index in [0.29, 0.717) is 11.6 Å². The Kier molecular flexibility index (Phi) is 9.68. The Balaban J connectivity index is 2.26. The second-order valence-corrected chi connectivity index (χ2v) is 8.15. The Morgan fingerprint density at radius 2 is 1.67 bits per heavy atom. The molecule has 16 nitrogen and oxygen atoms in total. The lowest BCUT2D eigenvalue weighted by molar-refractivity contribution is -0.174. The number of amides is 2. The summed E-state index contributed by atoms with van der Waals surface area (Å²) in [4.78, 5) is 73.9. The number of esters is 3. The van der Waals surface area contributed by atoms with E-state index in [-0.39, 0.29) is 6.42 Å². The molecule has 2 rings (SSSR count). The predicted octanol–water partition coefficient (Wildman–Crippen LogP) is -1.67. The number of ether oxygens (including phenoxy) is 4. The molecule has 0 aromatic rings. The van der Waals surface area contributed by atoms with Crippen LogP contribution in [0.5, 0.6) is 0 Å². The fraction of sp³-hybridized carbons (Fsp3) is 0.650. The quantitative estimate of drug-likeness (QED) is 0.117. The van der Waals surface area contributed by atoms with Crippen LogP contribution in [0.1, 0.15) is 27.2 Å². The molecule has 2 aliphatic heterocycles. The molecular formula is C20H28N6O10. The molecule has 198 valence electrons. The van der Waals surface area contributed by atoms with Crippen LogP contribution in [0, 0.1) is 5.41 Å². The zero-order chi connectivity index (χ0) is 27.2. The number of carbonyl (C=O) groups excluding carboxylic acids is 6. The third-order valence-electron chi connectivity index (χ3n) is 4.85. The number of hydrogen-bond donors (Lipinski definition) is 2. The minimum Gasteiger partial charge on any atom is -0.463 e. The van der Waals surface area contributed by atoms with Crippen molar-refractivity contribution in [3.8, 4) is 0 Å². The van der Waals surface area contributed by atoms with E-state index in [1.165, 1.54) is 0 Å². The molecule has 36 heavy (non-hydrogen) atoms. The molecule has 0 aromatic heterocycles. The van der Waals surface area contributed by atoms with Crippen molar-refractivity contribution in [2.24, 2.45) is 10.3 Å². The number of amidine groups is 1. The van der Waals surface area contributed by atoms with Crippen molar-refractivity contribution in [2.45, 2.75) is 57.8 Å². The molecule has 0 aliphatic carbocycles. The summed E-state index contributed by atoms with van der Waals surface area (Å²) in [5, 5.41) is 18.0. The molecule has 0 spiro atoms. The molecule has 0 saturated carbocycles. The number of rotatable bonds is 9. The Morgan fingerprint density at radius 3 is 2.22 bits per heavy atom. The molecular weight excluding hydrogens is 484 g/mol. The van der Waals surface area contributed by atoms with Crippen LogP contribution in [0.3, 0.4) is 0 Å². The minimum atomic E-state index is -1.70. The van der Waals surface area contributed by atoms with E-state index in [9.17, 15) is 28.8 Å². The molecule has 0 bridgehead atoms. The molecule has 0 aromatic carbocycles. The van der Waals surface area contributed by atoms with Gasteiger partial charge in [0, 0.05) is 33.7 Å². The number of nitrogens with one attached hydrogen (secondary N) is 2. The smallest absolute Gasteiger partial charge is 0.316 e. The molecule has 2 aliphatic rings. The molecule has 5 atom stereocenters. The first-order chi connectivity index (χ1) is 16.8. The lowest BCUT2D eigenvalue weighted by atomic mass is 10.1. The summed E-state index contributed by atoms with van der Waals surface area (Å²) in [7, 11) is 3.50. The fourth-order valence-corrected chi connectivity index (χ4v) is 3.28. The van der Waals surface area contributed by atoms with Crippen LogP contribution < -0.4 is 5.32 Å². The Morgan fingerprint density at radius 1 is 1.06 bits per heavy atom. The molecule has 2 heterocycles. The standard InChI is InChI=1S/C20H28N6O10/c1-9(27)33-8-12-16(34-10(2)28)17(35-11(3)29)20(36-12)26-19(32)15(31)14(23-24-26)18(21)22-13(30)6-7-25(4)5/h12,14,16-17,20H,6-8H2,1-5H3,(H2,21,22,30). The first-order valence-electron chi connectivity index (χ1n) is 10.8. The van der Waals surface area contributed by atoms with Gasteiger partial charge < -0.3 is 29.2 Å². The van der Waals surface area contributed by atoms with E-state index < -0.39 is 78.5 Å². The normalized spacial score (nSPS) is 25.5. The van der Waals surface area contributed by atoms with E-state index in [1.54, 1.807) is 19.0 Å². The van der Waals surface area contributed by atoms with Crippen molar-refractivity contribution in [1.82, 2.24) is 15.2 Å². The van der Waals surface area contributed by atoms with Crippen molar-refractivity contribution >= 4 is 41.3 Å². The fourth-order valence-electron chi connectivity index (χ4n) is 3.28. The van der Waals surface area contributed by atoms with Crippen molar-refractivity contribution < 1.29 is 47.7 Å². The van der Waals surface area contributed by atoms with Crippen LogP contribution in [-0.4, -0.2) is 109 Å². The van der Waals surface area contributed by atoms with Gasteiger partial charge in [0.15, 0.2) is 24.5 Å². The highest BCUT2D eigenvalue weighted by Crippen LogP contribution is 2.31. The largest absolute Gasteiger partial charge is 0.463 e. The molecule has 1 saturated heterocycles. The summed E-state index contributed by atoms with van der Waals surface area (Å²) in [5.41, 5.74) is 0. The van der Waals surface area contributed by atoms with Crippen LogP contribution in [0.25, 0.3) is 0 Å².